The van der Waals surface area contributed by atoms with Gasteiger partial charge in [0.1, 0.15) is 19.3 Å². The quantitative estimate of drug-likeness (QED) is 0.0169. The second-order valence-corrected chi connectivity index (χ2v) is 27.0. The zero-order valence-electron chi connectivity index (χ0n) is 61.5. The topological polar surface area (TPSA) is 237 Å². The van der Waals surface area contributed by atoms with Crippen molar-refractivity contribution in [2.45, 2.75) is 277 Å². The van der Waals surface area contributed by atoms with Crippen molar-refractivity contribution in [2.75, 3.05) is 39.6 Å². The maximum atomic E-state index is 13.1. The second-order valence-electron chi connectivity index (χ2n) is 24.1. The smallest absolute Gasteiger partial charge is 0.462 e. The molecule has 100 heavy (non-hydrogen) atoms. The van der Waals surface area contributed by atoms with Crippen molar-refractivity contribution in [2.24, 2.45) is 0 Å². The number of ether oxygens (including phenoxy) is 4. The molecule has 0 bridgehead atoms. The van der Waals surface area contributed by atoms with Crippen molar-refractivity contribution in [3.8, 4) is 0 Å². The summed E-state index contributed by atoms with van der Waals surface area (Å²) in [5.74, 6) is -2.36. The molecule has 0 rings (SSSR count). The predicted octanol–water partition coefficient (Wildman–Crippen LogP) is 21.4. The van der Waals surface area contributed by atoms with Gasteiger partial charge in [0.25, 0.3) is 0 Å². The molecule has 0 aliphatic rings. The van der Waals surface area contributed by atoms with Gasteiger partial charge in [-0.1, -0.05) is 249 Å². The molecule has 0 heterocycles. The van der Waals surface area contributed by atoms with Crippen LogP contribution in [-0.2, 0) is 65.4 Å². The third-order valence-corrected chi connectivity index (χ3v) is 16.5. The number of rotatable bonds is 68. The minimum atomic E-state index is -5.01. The molecular weight excluding hydrogens is 1310 g/mol. The van der Waals surface area contributed by atoms with Crippen LogP contribution in [0.1, 0.15) is 259 Å². The number of aliphatic hydroxyl groups is 1. The Morgan fingerprint density at radius 2 is 0.530 bits per heavy atom. The first-order valence-corrected chi connectivity index (χ1v) is 40.4. The van der Waals surface area contributed by atoms with Gasteiger partial charge in [-0.25, -0.2) is 9.13 Å². The van der Waals surface area contributed by atoms with Gasteiger partial charge in [-0.3, -0.25) is 37.3 Å². The summed E-state index contributed by atoms with van der Waals surface area (Å²) < 4.78 is 68.3. The van der Waals surface area contributed by atoms with E-state index in [1.54, 1.807) is 0 Å². The van der Waals surface area contributed by atoms with E-state index in [0.717, 1.165) is 167 Å². The molecular formula is C81H130O17P2. The number of aliphatic hydroxyl groups excluding tert-OH is 1. The van der Waals surface area contributed by atoms with Crippen LogP contribution in [0.25, 0.3) is 0 Å². The number of carbonyl (C=O) groups excluding carboxylic acids is 4. The van der Waals surface area contributed by atoms with E-state index in [2.05, 4.69) is 174 Å². The summed E-state index contributed by atoms with van der Waals surface area (Å²) in [6.45, 7) is 4.31. The molecule has 5 unspecified atom stereocenters. The van der Waals surface area contributed by atoms with Crippen LogP contribution in [0.4, 0.5) is 0 Å². The maximum Gasteiger partial charge on any atom is 0.472 e. The van der Waals surface area contributed by atoms with Crippen molar-refractivity contribution >= 4 is 39.5 Å². The molecule has 0 fully saturated rings. The lowest BCUT2D eigenvalue weighted by atomic mass is 10.1. The number of phosphoric acid groups is 2. The van der Waals surface area contributed by atoms with Crippen LogP contribution >= 0.6 is 15.6 Å². The minimum absolute atomic E-state index is 0.00272. The Labute approximate surface area is 603 Å². The van der Waals surface area contributed by atoms with Gasteiger partial charge in [-0.15, -0.1) is 0 Å². The Hall–Kier alpha value is -5.58. The lowest BCUT2D eigenvalue weighted by Gasteiger charge is -2.21. The summed E-state index contributed by atoms with van der Waals surface area (Å²) in [4.78, 5) is 72.8. The zero-order chi connectivity index (χ0) is 73.2. The van der Waals surface area contributed by atoms with Crippen LogP contribution in [0.3, 0.4) is 0 Å². The Kier molecular flexibility index (Phi) is 67.8. The fraction of sp³-hybridized carbons (Fsp3) is 0.605. The Morgan fingerprint density at radius 3 is 0.850 bits per heavy atom. The first-order valence-electron chi connectivity index (χ1n) is 37.4. The molecule has 0 saturated carbocycles. The number of carbonyl (C=O) groups is 4. The van der Waals surface area contributed by atoms with E-state index in [-0.39, 0.29) is 25.7 Å². The summed E-state index contributed by atoms with van der Waals surface area (Å²) in [5.41, 5.74) is 0. The molecule has 17 nitrogen and oxygen atoms in total. The zero-order valence-corrected chi connectivity index (χ0v) is 63.3. The second kappa shape index (κ2) is 71.8. The van der Waals surface area contributed by atoms with E-state index in [1.807, 2.05) is 24.3 Å². The van der Waals surface area contributed by atoms with E-state index in [9.17, 15) is 43.2 Å². The lowest BCUT2D eigenvalue weighted by molar-refractivity contribution is -0.161. The number of unbranched alkanes of at least 4 members (excludes halogenated alkanes) is 14. The summed E-state index contributed by atoms with van der Waals surface area (Å²) >= 11 is 0. The number of phosphoric ester groups is 2. The fourth-order valence-electron chi connectivity index (χ4n) is 9.01. The highest BCUT2D eigenvalue weighted by molar-refractivity contribution is 7.47. The third kappa shape index (κ3) is 70.8. The highest BCUT2D eigenvalue weighted by atomic mass is 31.2. The maximum absolute atomic E-state index is 13.1. The first kappa shape index (κ1) is 94.4. The number of hydrogen-bond acceptors (Lipinski definition) is 15. The SMILES string of the molecule is CC/C=C\C/C=C\C/C=C\C/C=C\C/C=C\CCCC(=O)OCC(COP(=O)(O)OCC(O)COP(=O)(O)OCC(COC(=O)CCCCCCC/C=C\C/C=C\CCC)OC(=O)CCCCCCC/C=C\C/C=C\CCC)OC(=O)CCC/C=C\C/C=C\C/C=C\C/C=C\C/C=C\CC. The Morgan fingerprint density at radius 1 is 0.290 bits per heavy atom. The molecule has 0 spiro atoms. The van der Waals surface area contributed by atoms with Crippen LogP contribution in [-0.4, -0.2) is 96.7 Å². The fourth-order valence-corrected chi connectivity index (χ4v) is 10.6. The lowest BCUT2D eigenvalue weighted by Crippen LogP contribution is -2.30. The summed E-state index contributed by atoms with van der Waals surface area (Å²) in [7, 11) is -10.0. The van der Waals surface area contributed by atoms with E-state index in [4.69, 9.17) is 37.0 Å². The first-order chi connectivity index (χ1) is 48.7. The predicted molar refractivity (Wildman–Crippen MR) is 408 cm³/mol. The van der Waals surface area contributed by atoms with Crippen LogP contribution in [0.15, 0.2) is 170 Å². The molecule has 0 aromatic heterocycles. The minimum Gasteiger partial charge on any atom is -0.462 e. The molecule has 566 valence electrons. The van der Waals surface area contributed by atoms with Crippen LogP contribution in [0, 0.1) is 0 Å². The van der Waals surface area contributed by atoms with Gasteiger partial charge in [0, 0.05) is 25.7 Å². The monoisotopic (exact) mass is 1440 g/mol. The van der Waals surface area contributed by atoms with Gasteiger partial charge in [-0.2, -0.15) is 0 Å². The van der Waals surface area contributed by atoms with Crippen LogP contribution in [0.2, 0.25) is 0 Å². The summed E-state index contributed by atoms with van der Waals surface area (Å²) in [6, 6.07) is 0. The van der Waals surface area contributed by atoms with Gasteiger partial charge >= 0.3 is 39.5 Å². The largest absolute Gasteiger partial charge is 0.472 e. The molecule has 5 atom stereocenters. The normalized spacial score (nSPS) is 14.9. The molecule has 0 saturated heterocycles. The average molecular weight is 1440 g/mol. The number of esters is 4. The van der Waals surface area contributed by atoms with E-state index >= 15 is 0 Å². The molecule has 0 radical (unpaired) electrons. The third-order valence-electron chi connectivity index (χ3n) is 14.6. The van der Waals surface area contributed by atoms with Gasteiger partial charge in [0.05, 0.1) is 26.4 Å². The van der Waals surface area contributed by atoms with Crippen LogP contribution in [0.5, 0.6) is 0 Å². The van der Waals surface area contributed by atoms with E-state index in [0.29, 0.717) is 38.5 Å². The average Bonchev–Trinajstić information content (AvgIpc) is 1.15. The number of allylic oxidation sites excluding steroid dienone is 28. The van der Waals surface area contributed by atoms with E-state index in [1.165, 1.54) is 0 Å². The van der Waals surface area contributed by atoms with Crippen molar-refractivity contribution in [1.82, 2.24) is 0 Å². The summed E-state index contributed by atoms with van der Waals surface area (Å²) in [5, 5.41) is 10.6. The molecule has 19 heteroatoms. The van der Waals surface area contributed by atoms with Crippen molar-refractivity contribution in [3.63, 3.8) is 0 Å². The molecule has 0 aliphatic carbocycles. The highest BCUT2D eigenvalue weighted by Gasteiger charge is 2.30. The van der Waals surface area contributed by atoms with Gasteiger partial charge in [0.15, 0.2) is 12.2 Å². The Balaban J connectivity index is 5.50. The van der Waals surface area contributed by atoms with Gasteiger partial charge < -0.3 is 33.8 Å². The molecule has 3 N–H and O–H groups in total. The molecule has 0 amide bonds. The van der Waals surface area contributed by atoms with Crippen LogP contribution < -0.4 is 0 Å². The highest BCUT2D eigenvalue weighted by Crippen LogP contribution is 2.45. The van der Waals surface area contributed by atoms with Crippen molar-refractivity contribution in [3.05, 3.63) is 170 Å². The molecule has 0 aromatic carbocycles. The molecule has 0 aliphatic heterocycles. The van der Waals surface area contributed by atoms with E-state index < -0.39 is 97.5 Å². The standard InChI is InChI=1S/C81H130O17P2/c1-5-9-13-17-21-25-29-33-35-37-39-43-46-50-54-58-62-66-79(84)92-72-77(98-81(86)68-64-60-56-52-48-44-40-38-36-34-30-26-22-18-14-10-6-2)74-96-100(89,90)94-70-75(82)69-93-99(87,88)95-73-76(97-80(85)67-63-59-55-51-47-42-32-28-24-20-16-12-8-4)71-91-78(83)65-61-57-53-49-45-41-31-27-23-19-15-11-7-3/h9-10,13-16,19-22,25-28,31-36,39-40,43-44,50,52,54,56,75-77,82H,5-8,11-12,17-18,23-24,29-30,37-38,41-42,45-49,51,53,55,57-74H2,1-4H3,(H,87,88)(H,89,90)/b13-9-,14-10-,19-15-,20-16-,25-21-,26-22-,31-27-,32-28-,35-33-,36-34-,43-39-,44-40-,54-50-,56-52-. The van der Waals surface area contributed by atoms with Crippen molar-refractivity contribution < 1.29 is 80.2 Å². The van der Waals surface area contributed by atoms with Gasteiger partial charge in [-0.05, 0) is 154 Å². The number of hydrogen-bond donors (Lipinski definition) is 3. The summed E-state index contributed by atoms with van der Waals surface area (Å²) in [6.07, 6.45) is 83.7. The Bertz CT molecular complexity index is 2570. The molecule has 0 aromatic rings. The van der Waals surface area contributed by atoms with Crippen molar-refractivity contribution in [1.29, 1.82) is 0 Å². The van der Waals surface area contributed by atoms with Gasteiger partial charge in [0.2, 0.25) is 0 Å².